The number of ether oxygens (including phenoxy) is 1. The van der Waals surface area contributed by atoms with Crippen molar-refractivity contribution in [2.45, 2.75) is 27.7 Å². The molecule has 0 aliphatic carbocycles. The molecule has 0 fully saturated rings. The number of hydrogen-bond donors (Lipinski definition) is 0. The zero-order valence-corrected chi connectivity index (χ0v) is 10.4. The second kappa shape index (κ2) is 4.16. The maximum Gasteiger partial charge on any atom is 0.340 e. The molecular formula is C12H15N3O2. The van der Waals surface area contributed by atoms with Crippen molar-refractivity contribution in [3.05, 3.63) is 28.6 Å². The van der Waals surface area contributed by atoms with Crippen LogP contribution in [0.2, 0.25) is 0 Å². The van der Waals surface area contributed by atoms with Crippen LogP contribution in [0.25, 0.3) is 5.52 Å². The average molecular weight is 233 g/mol. The highest BCUT2D eigenvalue weighted by Crippen LogP contribution is 2.19. The lowest BCUT2D eigenvalue weighted by Crippen LogP contribution is -2.12. The van der Waals surface area contributed by atoms with E-state index in [-0.39, 0.29) is 5.97 Å². The molecule has 5 nitrogen and oxygen atoms in total. The van der Waals surface area contributed by atoms with Crippen LogP contribution in [0, 0.1) is 20.8 Å². The Bertz CT molecular complexity index is 587. The minimum atomic E-state index is -0.308. The standard InChI is InChI=1S/C12H15N3O2/c1-5-17-12(16)11-7(2)6-10-8(3)13-14-15(10)9(11)4/h6H,5H2,1-4H3. The minimum absolute atomic E-state index is 0.308. The van der Waals surface area contributed by atoms with E-state index in [1.807, 2.05) is 26.8 Å². The fourth-order valence-corrected chi connectivity index (χ4v) is 1.96. The number of hydrogen-bond acceptors (Lipinski definition) is 4. The molecule has 5 heteroatoms. The van der Waals surface area contributed by atoms with Crippen LogP contribution in [0.3, 0.4) is 0 Å². The summed E-state index contributed by atoms with van der Waals surface area (Å²) in [6.07, 6.45) is 0. The number of carbonyl (C=O) groups is 1. The van der Waals surface area contributed by atoms with E-state index >= 15 is 0 Å². The van der Waals surface area contributed by atoms with Gasteiger partial charge in [0.2, 0.25) is 0 Å². The quantitative estimate of drug-likeness (QED) is 0.742. The third-order valence-electron chi connectivity index (χ3n) is 2.79. The Kier molecular flexibility index (Phi) is 2.83. The van der Waals surface area contributed by atoms with Gasteiger partial charge in [0.05, 0.1) is 29.1 Å². The van der Waals surface area contributed by atoms with Gasteiger partial charge in [-0.2, -0.15) is 0 Å². The molecule has 2 aromatic rings. The summed E-state index contributed by atoms with van der Waals surface area (Å²) < 4.78 is 6.72. The molecule has 0 unspecified atom stereocenters. The Balaban J connectivity index is 2.68. The number of rotatable bonds is 2. The van der Waals surface area contributed by atoms with Crippen LogP contribution >= 0.6 is 0 Å². The summed E-state index contributed by atoms with van der Waals surface area (Å²) >= 11 is 0. The van der Waals surface area contributed by atoms with Gasteiger partial charge in [0.25, 0.3) is 0 Å². The van der Waals surface area contributed by atoms with Gasteiger partial charge >= 0.3 is 5.97 Å². The smallest absolute Gasteiger partial charge is 0.340 e. The zero-order valence-electron chi connectivity index (χ0n) is 10.4. The topological polar surface area (TPSA) is 56.5 Å². The molecule has 2 rings (SSSR count). The first-order valence-corrected chi connectivity index (χ1v) is 5.55. The molecule has 0 aromatic carbocycles. The molecule has 0 saturated heterocycles. The Morgan fingerprint density at radius 1 is 1.41 bits per heavy atom. The Morgan fingerprint density at radius 3 is 2.76 bits per heavy atom. The van der Waals surface area contributed by atoms with Crippen LogP contribution in [0.5, 0.6) is 0 Å². The largest absolute Gasteiger partial charge is 0.462 e. The maximum atomic E-state index is 11.9. The van der Waals surface area contributed by atoms with E-state index in [1.54, 1.807) is 11.4 Å². The van der Waals surface area contributed by atoms with Crippen molar-refractivity contribution in [3.63, 3.8) is 0 Å². The van der Waals surface area contributed by atoms with E-state index in [2.05, 4.69) is 10.3 Å². The summed E-state index contributed by atoms with van der Waals surface area (Å²) in [5, 5.41) is 8.03. The van der Waals surface area contributed by atoms with E-state index < -0.39 is 0 Å². The third kappa shape index (κ3) is 1.77. The summed E-state index contributed by atoms with van der Waals surface area (Å²) in [5.74, 6) is -0.308. The highest BCUT2D eigenvalue weighted by Gasteiger charge is 2.18. The molecule has 0 N–H and O–H groups in total. The van der Waals surface area contributed by atoms with Gasteiger partial charge in [-0.05, 0) is 39.3 Å². The molecule has 0 aliphatic heterocycles. The first kappa shape index (κ1) is 11.6. The van der Waals surface area contributed by atoms with Gasteiger partial charge in [-0.25, -0.2) is 9.31 Å². The number of esters is 1. The lowest BCUT2D eigenvalue weighted by atomic mass is 10.1. The van der Waals surface area contributed by atoms with Gasteiger partial charge in [-0.1, -0.05) is 5.21 Å². The molecule has 0 radical (unpaired) electrons. The van der Waals surface area contributed by atoms with E-state index in [4.69, 9.17) is 4.74 Å². The molecule has 0 saturated carbocycles. The highest BCUT2D eigenvalue weighted by molar-refractivity contribution is 5.93. The minimum Gasteiger partial charge on any atom is -0.462 e. The van der Waals surface area contributed by atoms with Gasteiger partial charge in [-0.3, -0.25) is 0 Å². The van der Waals surface area contributed by atoms with Crippen molar-refractivity contribution in [1.29, 1.82) is 0 Å². The molecule has 0 atom stereocenters. The molecular weight excluding hydrogens is 218 g/mol. The third-order valence-corrected chi connectivity index (χ3v) is 2.79. The molecule has 17 heavy (non-hydrogen) atoms. The summed E-state index contributed by atoms with van der Waals surface area (Å²) in [4.78, 5) is 11.9. The van der Waals surface area contributed by atoms with E-state index in [0.717, 1.165) is 22.5 Å². The Morgan fingerprint density at radius 2 is 2.12 bits per heavy atom. The van der Waals surface area contributed by atoms with Gasteiger partial charge in [0.15, 0.2) is 0 Å². The number of nitrogens with zero attached hydrogens (tertiary/aromatic N) is 3. The van der Waals surface area contributed by atoms with Gasteiger partial charge in [-0.15, -0.1) is 5.10 Å². The summed E-state index contributed by atoms with van der Waals surface area (Å²) in [6.45, 7) is 7.80. The lowest BCUT2D eigenvalue weighted by Gasteiger charge is -2.10. The number of aromatic nitrogens is 3. The first-order chi connectivity index (χ1) is 8.06. The number of carbonyl (C=O) groups excluding carboxylic acids is 1. The molecule has 0 aliphatic rings. The van der Waals surface area contributed by atoms with E-state index in [0.29, 0.717) is 12.2 Å². The molecule has 0 spiro atoms. The first-order valence-electron chi connectivity index (χ1n) is 5.55. The SMILES string of the molecule is CCOC(=O)c1c(C)cc2c(C)nnn2c1C. The van der Waals surface area contributed by atoms with Crippen molar-refractivity contribution in [2.75, 3.05) is 6.61 Å². The van der Waals surface area contributed by atoms with Crippen LogP contribution < -0.4 is 0 Å². The van der Waals surface area contributed by atoms with Gasteiger partial charge in [0, 0.05) is 0 Å². The van der Waals surface area contributed by atoms with Crippen LogP contribution in [-0.2, 0) is 4.74 Å². The lowest BCUT2D eigenvalue weighted by molar-refractivity contribution is 0.0524. The molecule has 0 bridgehead atoms. The van der Waals surface area contributed by atoms with E-state index in [9.17, 15) is 4.79 Å². The Hall–Kier alpha value is -1.91. The van der Waals surface area contributed by atoms with Crippen molar-refractivity contribution >= 4 is 11.5 Å². The molecule has 0 amide bonds. The van der Waals surface area contributed by atoms with Crippen molar-refractivity contribution in [1.82, 2.24) is 14.8 Å². The van der Waals surface area contributed by atoms with Crippen LogP contribution in [0.15, 0.2) is 6.07 Å². The molecule has 2 heterocycles. The van der Waals surface area contributed by atoms with Gasteiger partial charge < -0.3 is 4.74 Å². The highest BCUT2D eigenvalue weighted by atomic mass is 16.5. The predicted molar refractivity (Wildman–Crippen MR) is 63.2 cm³/mol. The fraction of sp³-hybridized carbons (Fsp3) is 0.417. The Labute approximate surface area is 99.4 Å². The van der Waals surface area contributed by atoms with Gasteiger partial charge in [0.1, 0.15) is 0 Å². The molecule has 90 valence electrons. The monoisotopic (exact) mass is 233 g/mol. The number of fused-ring (bicyclic) bond motifs is 1. The second-order valence-electron chi connectivity index (χ2n) is 3.98. The molecule has 2 aromatic heterocycles. The zero-order chi connectivity index (χ0) is 12.6. The van der Waals surface area contributed by atoms with Crippen molar-refractivity contribution < 1.29 is 9.53 Å². The van der Waals surface area contributed by atoms with Crippen LogP contribution in [0.4, 0.5) is 0 Å². The van der Waals surface area contributed by atoms with Crippen LogP contribution in [0.1, 0.15) is 34.2 Å². The second-order valence-corrected chi connectivity index (χ2v) is 3.98. The predicted octanol–water partition coefficient (Wildman–Crippen LogP) is 1.83. The summed E-state index contributed by atoms with van der Waals surface area (Å²) in [7, 11) is 0. The summed E-state index contributed by atoms with van der Waals surface area (Å²) in [6, 6.07) is 1.91. The average Bonchev–Trinajstić information content (AvgIpc) is 2.61. The maximum absolute atomic E-state index is 11.9. The summed E-state index contributed by atoms with van der Waals surface area (Å²) in [5.41, 5.74) is 4.00. The van der Waals surface area contributed by atoms with Crippen molar-refractivity contribution in [2.24, 2.45) is 0 Å². The van der Waals surface area contributed by atoms with Crippen molar-refractivity contribution in [3.8, 4) is 0 Å². The normalized spacial score (nSPS) is 10.8. The fourth-order valence-electron chi connectivity index (χ4n) is 1.96. The van der Waals surface area contributed by atoms with Crippen LogP contribution in [-0.4, -0.2) is 27.4 Å². The number of aryl methyl sites for hydroxylation is 3. The number of pyridine rings is 1. The van der Waals surface area contributed by atoms with E-state index in [1.165, 1.54) is 0 Å².